The van der Waals surface area contributed by atoms with Crippen molar-refractivity contribution in [1.29, 1.82) is 0 Å². The minimum atomic E-state index is -0.198. The summed E-state index contributed by atoms with van der Waals surface area (Å²) in [5, 5.41) is 13.0. The number of hydrogen-bond donors (Lipinski definition) is 1. The minimum absolute atomic E-state index is 0.0548. The molecule has 0 unspecified atom stereocenters. The Balaban J connectivity index is 1.36. The Labute approximate surface area is 198 Å². The van der Waals surface area contributed by atoms with Crippen molar-refractivity contribution in [2.24, 2.45) is 0 Å². The average Bonchev–Trinajstić information content (AvgIpc) is 3.32. The smallest absolute Gasteiger partial charge is 0.247 e. The molecule has 170 valence electrons. The fourth-order valence-electron chi connectivity index (χ4n) is 4.25. The first kappa shape index (κ1) is 21.6. The van der Waals surface area contributed by atoms with Gasteiger partial charge in [0.25, 0.3) is 0 Å². The number of carbonyl (C=O) groups excluding carboxylic acids is 1. The number of aryl methyl sites for hydroxylation is 3. The van der Waals surface area contributed by atoms with Crippen molar-refractivity contribution in [3.8, 4) is 11.1 Å². The molecule has 0 aliphatic heterocycles. The van der Waals surface area contributed by atoms with E-state index in [1.54, 1.807) is 10.9 Å². The number of fused-ring (bicyclic) bond motifs is 1. The van der Waals surface area contributed by atoms with Gasteiger partial charge in [-0.25, -0.2) is 9.67 Å². The number of nitrogens with one attached hydrogen (secondary N) is 1. The van der Waals surface area contributed by atoms with Gasteiger partial charge < -0.3 is 5.32 Å². The van der Waals surface area contributed by atoms with Crippen LogP contribution in [0.25, 0.3) is 22.2 Å². The molecule has 0 bridgehead atoms. The van der Waals surface area contributed by atoms with E-state index in [0.717, 1.165) is 33.5 Å². The summed E-state index contributed by atoms with van der Waals surface area (Å²) in [5.41, 5.74) is 7.03. The topological polar surface area (TPSA) is 77.6 Å². The summed E-state index contributed by atoms with van der Waals surface area (Å²) in [6.45, 7) is 6.71. The third kappa shape index (κ3) is 4.32. The lowest BCUT2D eigenvalue weighted by Crippen LogP contribution is -2.20. The molecule has 5 rings (SSSR count). The number of nitrogens with zero attached hydrogens (tertiary/aromatic N) is 5. The molecule has 0 saturated heterocycles. The number of hydrogen-bond acceptors (Lipinski definition) is 4. The van der Waals surface area contributed by atoms with E-state index in [1.165, 1.54) is 5.56 Å². The Morgan fingerprint density at radius 2 is 1.74 bits per heavy atom. The molecule has 0 saturated carbocycles. The minimum Gasteiger partial charge on any atom is -0.308 e. The maximum atomic E-state index is 12.9. The van der Waals surface area contributed by atoms with Crippen LogP contribution >= 0.6 is 0 Å². The average molecular weight is 451 g/mol. The molecule has 0 atom stereocenters. The van der Waals surface area contributed by atoms with Crippen LogP contribution in [0.3, 0.4) is 0 Å². The quantitative estimate of drug-likeness (QED) is 0.399. The van der Waals surface area contributed by atoms with Crippen LogP contribution in [0.5, 0.6) is 0 Å². The molecule has 0 spiro atoms. The molecular formula is C27H26N6O. The van der Waals surface area contributed by atoms with Gasteiger partial charge in [0, 0.05) is 23.3 Å². The maximum absolute atomic E-state index is 12.9. The van der Waals surface area contributed by atoms with Gasteiger partial charge in [-0.3, -0.25) is 9.48 Å². The van der Waals surface area contributed by atoms with Gasteiger partial charge in [-0.05, 0) is 43.5 Å². The van der Waals surface area contributed by atoms with Gasteiger partial charge in [0.2, 0.25) is 5.91 Å². The van der Waals surface area contributed by atoms with Crippen LogP contribution in [0.1, 0.15) is 22.5 Å². The normalized spacial score (nSPS) is 11.1. The molecule has 0 aliphatic carbocycles. The predicted octanol–water partition coefficient (Wildman–Crippen LogP) is 4.91. The molecule has 3 aromatic heterocycles. The second kappa shape index (κ2) is 8.94. The summed E-state index contributed by atoms with van der Waals surface area (Å²) in [6, 6.07) is 22.3. The molecule has 0 aliphatic rings. The van der Waals surface area contributed by atoms with E-state index >= 15 is 0 Å². The number of rotatable bonds is 6. The lowest BCUT2D eigenvalue weighted by atomic mass is 10.0. The SMILES string of the molecule is Cc1cccc(-c2ccnc3c2c(C)nn3CC(=O)Nc2cc(C)n(Cc3ccccc3)n2)c1. The first-order valence-electron chi connectivity index (χ1n) is 11.3. The van der Waals surface area contributed by atoms with Crippen LogP contribution in [-0.2, 0) is 17.9 Å². The number of carbonyl (C=O) groups is 1. The van der Waals surface area contributed by atoms with Crippen molar-refractivity contribution in [1.82, 2.24) is 24.5 Å². The number of benzene rings is 2. The number of anilines is 1. The van der Waals surface area contributed by atoms with Crippen molar-refractivity contribution in [2.45, 2.75) is 33.9 Å². The second-order valence-corrected chi connectivity index (χ2v) is 8.53. The van der Waals surface area contributed by atoms with Gasteiger partial charge in [0.15, 0.2) is 11.5 Å². The molecule has 1 N–H and O–H groups in total. The fourth-order valence-corrected chi connectivity index (χ4v) is 4.25. The monoisotopic (exact) mass is 450 g/mol. The molecule has 5 aromatic rings. The van der Waals surface area contributed by atoms with Crippen molar-refractivity contribution >= 4 is 22.8 Å². The molecule has 0 radical (unpaired) electrons. The van der Waals surface area contributed by atoms with E-state index in [2.05, 4.69) is 57.8 Å². The summed E-state index contributed by atoms with van der Waals surface area (Å²) < 4.78 is 3.54. The zero-order valence-corrected chi connectivity index (χ0v) is 19.5. The van der Waals surface area contributed by atoms with Crippen LogP contribution in [-0.4, -0.2) is 30.5 Å². The highest BCUT2D eigenvalue weighted by Gasteiger charge is 2.17. The predicted molar refractivity (Wildman–Crippen MR) is 134 cm³/mol. The van der Waals surface area contributed by atoms with Crippen LogP contribution < -0.4 is 5.32 Å². The summed E-state index contributed by atoms with van der Waals surface area (Å²) in [7, 11) is 0. The zero-order valence-electron chi connectivity index (χ0n) is 19.5. The number of aromatic nitrogens is 5. The number of amides is 1. The Morgan fingerprint density at radius 1 is 0.912 bits per heavy atom. The van der Waals surface area contributed by atoms with Crippen molar-refractivity contribution in [3.63, 3.8) is 0 Å². The van der Waals surface area contributed by atoms with E-state index in [9.17, 15) is 4.79 Å². The highest BCUT2D eigenvalue weighted by Crippen LogP contribution is 2.30. The molecule has 0 fully saturated rings. The molecule has 34 heavy (non-hydrogen) atoms. The fraction of sp³-hybridized carbons (Fsp3) is 0.185. The van der Waals surface area contributed by atoms with Crippen LogP contribution in [0.4, 0.5) is 5.82 Å². The van der Waals surface area contributed by atoms with Gasteiger partial charge in [0.1, 0.15) is 6.54 Å². The van der Waals surface area contributed by atoms with E-state index in [0.29, 0.717) is 18.0 Å². The van der Waals surface area contributed by atoms with Crippen LogP contribution in [0.15, 0.2) is 72.9 Å². The van der Waals surface area contributed by atoms with Crippen molar-refractivity contribution in [3.05, 3.63) is 95.4 Å². The Hall–Kier alpha value is -4.26. The first-order valence-corrected chi connectivity index (χ1v) is 11.3. The summed E-state index contributed by atoms with van der Waals surface area (Å²) >= 11 is 0. The van der Waals surface area contributed by atoms with Crippen molar-refractivity contribution in [2.75, 3.05) is 5.32 Å². The standard InChI is InChI=1S/C27H26N6O/c1-18-8-7-11-22(14-18)23-12-13-28-27-26(23)20(3)30-33(27)17-25(34)29-24-15-19(2)32(31-24)16-21-9-5-4-6-10-21/h4-15H,16-17H2,1-3H3,(H,29,31,34). The Kier molecular flexibility index (Phi) is 5.67. The third-order valence-corrected chi connectivity index (χ3v) is 5.85. The zero-order chi connectivity index (χ0) is 23.7. The lowest BCUT2D eigenvalue weighted by Gasteiger charge is -2.06. The van der Waals surface area contributed by atoms with Crippen molar-refractivity contribution < 1.29 is 4.79 Å². The maximum Gasteiger partial charge on any atom is 0.247 e. The van der Waals surface area contributed by atoms with Crippen LogP contribution in [0.2, 0.25) is 0 Å². The van der Waals surface area contributed by atoms with Gasteiger partial charge in [-0.2, -0.15) is 10.2 Å². The van der Waals surface area contributed by atoms with Gasteiger partial charge >= 0.3 is 0 Å². The Bertz CT molecular complexity index is 1480. The van der Waals surface area contributed by atoms with Gasteiger partial charge in [0.05, 0.1) is 12.2 Å². The molecular weight excluding hydrogens is 424 g/mol. The number of pyridine rings is 1. The van der Waals surface area contributed by atoms with E-state index in [-0.39, 0.29) is 12.5 Å². The summed E-state index contributed by atoms with van der Waals surface area (Å²) in [4.78, 5) is 17.4. The highest BCUT2D eigenvalue weighted by molar-refractivity contribution is 5.96. The van der Waals surface area contributed by atoms with E-state index < -0.39 is 0 Å². The first-order chi connectivity index (χ1) is 16.5. The lowest BCUT2D eigenvalue weighted by molar-refractivity contribution is -0.116. The highest BCUT2D eigenvalue weighted by atomic mass is 16.2. The molecule has 7 nitrogen and oxygen atoms in total. The molecule has 1 amide bonds. The Morgan fingerprint density at radius 3 is 2.53 bits per heavy atom. The molecule has 7 heteroatoms. The summed E-state index contributed by atoms with van der Waals surface area (Å²) in [5.74, 6) is 0.330. The van der Waals surface area contributed by atoms with Crippen LogP contribution in [0, 0.1) is 20.8 Å². The van der Waals surface area contributed by atoms with Gasteiger partial charge in [-0.1, -0.05) is 60.2 Å². The molecule has 3 heterocycles. The van der Waals surface area contributed by atoms with Gasteiger partial charge in [-0.15, -0.1) is 0 Å². The van der Waals surface area contributed by atoms with E-state index in [1.807, 2.05) is 54.9 Å². The summed E-state index contributed by atoms with van der Waals surface area (Å²) in [6.07, 6.45) is 1.77. The second-order valence-electron chi connectivity index (χ2n) is 8.53. The third-order valence-electron chi connectivity index (χ3n) is 5.85. The molecule has 2 aromatic carbocycles. The van der Waals surface area contributed by atoms with E-state index in [4.69, 9.17) is 0 Å². The largest absolute Gasteiger partial charge is 0.308 e.